The second-order valence-corrected chi connectivity index (χ2v) is 7.85. The third-order valence-corrected chi connectivity index (χ3v) is 5.38. The van der Waals surface area contributed by atoms with E-state index < -0.39 is 0 Å². The van der Waals surface area contributed by atoms with Gasteiger partial charge in [0.15, 0.2) is 0 Å². The normalized spacial score (nSPS) is 10.7. The van der Waals surface area contributed by atoms with E-state index in [2.05, 4.69) is 84.8 Å². The predicted octanol–water partition coefficient (Wildman–Crippen LogP) is 6.53. The molecule has 3 aromatic rings. The summed E-state index contributed by atoms with van der Waals surface area (Å²) in [7, 11) is 0. The van der Waals surface area contributed by atoms with E-state index >= 15 is 0 Å². The van der Waals surface area contributed by atoms with E-state index in [1.165, 1.54) is 11.3 Å². The van der Waals surface area contributed by atoms with Crippen molar-refractivity contribution in [3.63, 3.8) is 0 Å². The summed E-state index contributed by atoms with van der Waals surface area (Å²) >= 11 is 0. The number of nitrogen functional groups attached to an aromatic ring is 2. The number of nitrogens with two attached hydrogens (primary N) is 2. The molecule has 0 amide bonds. The maximum absolute atomic E-state index is 6.25. The van der Waals surface area contributed by atoms with Crippen LogP contribution < -0.4 is 27.0 Å². The molecule has 0 heterocycles. The van der Waals surface area contributed by atoms with Gasteiger partial charge in [0.25, 0.3) is 0 Å². The lowest BCUT2D eigenvalue weighted by Crippen LogP contribution is -2.23. The van der Waals surface area contributed by atoms with Crippen LogP contribution >= 0.6 is 0 Å². The highest BCUT2D eigenvalue weighted by atomic mass is 15.1. The minimum atomic E-state index is 0.617. The summed E-state index contributed by atoms with van der Waals surface area (Å²) in [6, 6.07) is 20.7. The van der Waals surface area contributed by atoms with Crippen molar-refractivity contribution in [2.24, 2.45) is 0 Å². The van der Waals surface area contributed by atoms with Crippen molar-refractivity contribution in [1.29, 1.82) is 0 Å². The number of nitrogens with one attached hydrogen (secondary N) is 2. The van der Waals surface area contributed by atoms with Crippen LogP contribution in [0.3, 0.4) is 0 Å². The largest absolute Gasteiger partial charge is 0.397 e. The fraction of sp³-hybridized carbons (Fsp3) is 0.308. The van der Waals surface area contributed by atoms with Gasteiger partial charge in [0.1, 0.15) is 0 Å². The Labute approximate surface area is 186 Å². The Hall–Kier alpha value is -3.34. The van der Waals surface area contributed by atoms with Crippen LogP contribution in [0, 0.1) is 0 Å². The monoisotopic (exact) mass is 417 g/mol. The van der Waals surface area contributed by atoms with Gasteiger partial charge in [0, 0.05) is 30.2 Å². The minimum absolute atomic E-state index is 0.617. The van der Waals surface area contributed by atoms with E-state index in [-0.39, 0.29) is 0 Å². The Morgan fingerprint density at radius 2 is 1.26 bits per heavy atom. The molecule has 0 aliphatic heterocycles. The van der Waals surface area contributed by atoms with Crippen molar-refractivity contribution in [1.82, 2.24) is 0 Å². The molecule has 31 heavy (non-hydrogen) atoms. The quantitative estimate of drug-likeness (QED) is 0.282. The average Bonchev–Trinajstić information content (AvgIpc) is 2.77. The van der Waals surface area contributed by atoms with Crippen LogP contribution in [0.15, 0.2) is 60.7 Å². The second-order valence-electron chi connectivity index (χ2n) is 7.85. The van der Waals surface area contributed by atoms with E-state index in [9.17, 15) is 0 Å². The zero-order valence-corrected chi connectivity index (χ0v) is 18.9. The number of hydrogen-bond acceptors (Lipinski definition) is 5. The lowest BCUT2D eigenvalue weighted by molar-refractivity contribution is 0.792. The molecule has 3 rings (SSSR count). The third kappa shape index (κ3) is 5.85. The van der Waals surface area contributed by atoms with Gasteiger partial charge in [-0.25, -0.2) is 0 Å². The van der Waals surface area contributed by atoms with Gasteiger partial charge in [-0.15, -0.1) is 0 Å². The first-order valence-corrected chi connectivity index (χ1v) is 11.2. The molecule has 0 saturated heterocycles. The predicted molar refractivity (Wildman–Crippen MR) is 137 cm³/mol. The lowest BCUT2D eigenvalue weighted by atomic mass is 10.1. The van der Waals surface area contributed by atoms with Crippen LogP contribution in [0.2, 0.25) is 0 Å². The lowest BCUT2D eigenvalue weighted by Gasteiger charge is -2.22. The van der Waals surface area contributed by atoms with Gasteiger partial charge in [0.05, 0.1) is 22.7 Å². The van der Waals surface area contributed by atoms with Crippen LogP contribution in [-0.4, -0.2) is 13.1 Å². The van der Waals surface area contributed by atoms with E-state index in [0.717, 1.165) is 55.1 Å². The van der Waals surface area contributed by atoms with Crippen molar-refractivity contribution >= 4 is 39.8 Å². The number of nitrogens with zero attached hydrogens (tertiary/aromatic N) is 1. The van der Waals surface area contributed by atoms with Crippen LogP contribution in [0.5, 0.6) is 0 Å². The third-order valence-electron chi connectivity index (χ3n) is 5.38. The van der Waals surface area contributed by atoms with Crippen LogP contribution in [0.1, 0.15) is 39.2 Å². The topological polar surface area (TPSA) is 79.3 Å². The fourth-order valence-electron chi connectivity index (χ4n) is 3.70. The van der Waals surface area contributed by atoms with Crippen LogP contribution in [-0.2, 0) is 6.42 Å². The Balaban J connectivity index is 1.76. The van der Waals surface area contributed by atoms with Crippen LogP contribution in [0.4, 0.5) is 39.8 Å². The van der Waals surface area contributed by atoms with Gasteiger partial charge in [-0.05, 0) is 73.9 Å². The molecular weight excluding hydrogens is 382 g/mol. The maximum Gasteiger partial charge on any atom is 0.0640 e. The minimum Gasteiger partial charge on any atom is -0.397 e. The number of anilines is 7. The van der Waals surface area contributed by atoms with E-state index in [1.54, 1.807) is 6.07 Å². The van der Waals surface area contributed by atoms with Gasteiger partial charge < -0.3 is 27.0 Å². The highest BCUT2D eigenvalue weighted by Gasteiger charge is 2.08. The van der Waals surface area contributed by atoms with E-state index in [4.69, 9.17) is 11.5 Å². The Bertz CT molecular complexity index is 964. The molecule has 0 bridgehead atoms. The molecule has 0 aliphatic rings. The molecule has 0 radical (unpaired) electrons. The molecule has 0 fully saturated rings. The summed E-state index contributed by atoms with van der Waals surface area (Å²) in [6.45, 7) is 8.63. The maximum atomic E-state index is 6.25. The molecule has 0 unspecified atom stereocenters. The highest BCUT2D eigenvalue weighted by molar-refractivity contribution is 5.85. The molecule has 5 nitrogen and oxygen atoms in total. The Morgan fingerprint density at radius 1 is 0.710 bits per heavy atom. The van der Waals surface area contributed by atoms with Crippen molar-refractivity contribution in [2.45, 2.75) is 40.0 Å². The van der Waals surface area contributed by atoms with Crippen molar-refractivity contribution in [2.75, 3.05) is 40.1 Å². The zero-order valence-electron chi connectivity index (χ0n) is 18.9. The highest BCUT2D eigenvalue weighted by Crippen LogP contribution is 2.33. The van der Waals surface area contributed by atoms with Gasteiger partial charge in [-0.1, -0.05) is 32.4 Å². The molecular formula is C26H35N5. The summed E-state index contributed by atoms with van der Waals surface area (Å²) in [5, 5.41) is 6.84. The Kier molecular flexibility index (Phi) is 7.65. The van der Waals surface area contributed by atoms with Gasteiger partial charge in [-0.3, -0.25) is 0 Å². The molecule has 0 atom stereocenters. The van der Waals surface area contributed by atoms with Crippen molar-refractivity contribution in [3.8, 4) is 0 Å². The standard InChI is InChI=1S/C26H35N5/c1-4-7-19-8-10-20(11-9-19)29-25-18-26(24(28)17-23(25)27)30-21-12-14-22(15-13-21)31(6-3)16-5-2/h8-15,17-18,29-30H,4-7,16,27-28H2,1-3H3. The first kappa shape index (κ1) is 22.3. The van der Waals surface area contributed by atoms with Gasteiger partial charge >= 0.3 is 0 Å². The number of rotatable bonds is 10. The molecule has 0 aromatic heterocycles. The molecule has 0 spiro atoms. The Morgan fingerprint density at radius 3 is 1.74 bits per heavy atom. The summed E-state index contributed by atoms with van der Waals surface area (Å²) in [4.78, 5) is 2.37. The second kappa shape index (κ2) is 10.6. The van der Waals surface area contributed by atoms with E-state index in [0.29, 0.717) is 11.4 Å². The van der Waals surface area contributed by atoms with Gasteiger partial charge in [0.2, 0.25) is 0 Å². The van der Waals surface area contributed by atoms with Crippen LogP contribution in [0.25, 0.3) is 0 Å². The summed E-state index contributed by atoms with van der Waals surface area (Å²) in [6.07, 6.45) is 3.36. The fourth-order valence-corrected chi connectivity index (χ4v) is 3.70. The smallest absolute Gasteiger partial charge is 0.0640 e. The first-order valence-electron chi connectivity index (χ1n) is 11.2. The SMILES string of the molecule is CCCc1ccc(Nc2cc(Nc3ccc(N(CC)CCC)cc3)c(N)cc2N)cc1. The molecule has 0 aliphatic carbocycles. The zero-order chi connectivity index (χ0) is 22.2. The molecule has 5 heteroatoms. The first-order chi connectivity index (χ1) is 15.0. The molecule has 3 aromatic carbocycles. The number of hydrogen-bond donors (Lipinski definition) is 4. The summed E-state index contributed by atoms with van der Waals surface area (Å²) in [5.74, 6) is 0. The van der Waals surface area contributed by atoms with E-state index in [1.807, 2.05) is 6.07 Å². The van der Waals surface area contributed by atoms with Crippen molar-refractivity contribution < 1.29 is 0 Å². The number of aryl methyl sites for hydroxylation is 1. The molecule has 164 valence electrons. The van der Waals surface area contributed by atoms with Gasteiger partial charge in [-0.2, -0.15) is 0 Å². The average molecular weight is 418 g/mol. The summed E-state index contributed by atoms with van der Waals surface area (Å²) in [5.41, 5.74) is 19.9. The number of benzene rings is 3. The molecule has 6 N–H and O–H groups in total. The molecule has 0 saturated carbocycles. The summed E-state index contributed by atoms with van der Waals surface area (Å²) < 4.78 is 0. The van der Waals surface area contributed by atoms with Crippen molar-refractivity contribution in [3.05, 3.63) is 66.2 Å².